The molecule has 0 saturated carbocycles. The predicted molar refractivity (Wildman–Crippen MR) is 69.9 cm³/mol. The van der Waals surface area contributed by atoms with Crippen LogP contribution in [0.5, 0.6) is 0 Å². The highest BCUT2D eigenvalue weighted by Crippen LogP contribution is 2.26. The molecule has 0 spiro atoms. The summed E-state index contributed by atoms with van der Waals surface area (Å²) in [5.41, 5.74) is 7.55. The summed E-state index contributed by atoms with van der Waals surface area (Å²) in [6.45, 7) is 2.33. The largest absolute Gasteiger partial charge is 0.397 e. The molecule has 2 N–H and O–H groups in total. The molecule has 0 bridgehead atoms. The van der Waals surface area contributed by atoms with Crippen molar-refractivity contribution in [2.75, 3.05) is 25.9 Å². The van der Waals surface area contributed by atoms with Crippen molar-refractivity contribution in [3.05, 3.63) is 24.5 Å². The van der Waals surface area contributed by atoms with Crippen molar-refractivity contribution in [3.63, 3.8) is 0 Å². The zero-order valence-corrected chi connectivity index (χ0v) is 10.1. The van der Waals surface area contributed by atoms with Crippen molar-refractivity contribution in [2.24, 2.45) is 0 Å². The van der Waals surface area contributed by atoms with Gasteiger partial charge in [-0.1, -0.05) is 0 Å². The van der Waals surface area contributed by atoms with Gasteiger partial charge < -0.3 is 15.2 Å². The molecule has 0 aliphatic carbocycles. The van der Waals surface area contributed by atoms with Crippen LogP contribution in [0.15, 0.2) is 24.5 Å². The number of hydrogen-bond acceptors (Lipinski definition) is 3. The third kappa shape index (κ3) is 1.89. The first kappa shape index (κ1) is 10.6. The number of pyridine rings is 1. The van der Waals surface area contributed by atoms with Gasteiger partial charge in [0.25, 0.3) is 0 Å². The lowest BCUT2D eigenvalue weighted by Crippen LogP contribution is -2.31. The Hall–Kier alpha value is -1.55. The second kappa shape index (κ2) is 4.04. The van der Waals surface area contributed by atoms with Crippen LogP contribution in [0.4, 0.5) is 5.69 Å². The first-order chi connectivity index (χ1) is 8.24. The van der Waals surface area contributed by atoms with Crippen molar-refractivity contribution >= 4 is 16.7 Å². The molecular formula is C13H18N4. The smallest absolute Gasteiger partial charge is 0.140 e. The van der Waals surface area contributed by atoms with Gasteiger partial charge in [-0.15, -0.1) is 0 Å². The number of rotatable bonds is 1. The molecule has 0 unspecified atom stereocenters. The Labute approximate surface area is 101 Å². The number of likely N-dealkylation sites (tertiary alicyclic amines) is 1. The van der Waals surface area contributed by atoms with Gasteiger partial charge in [-0.2, -0.15) is 0 Å². The van der Waals surface area contributed by atoms with Gasteiger partial charge >= 0.3 is 0 Å². The van der Waals surface area contributed by atoms with Crippen LogP contribution in [0.25, 0.3) is 11.0 Å². The van der Waals surface area contributed by atoms with Crippen molar-refractivity contribution in [3.8, 4) is 0 Å². The number of anilines is 1. The summed E-state index contributed by atoms with van der Waals surface area (Å²) in [6, 6.07) is 4.69. The van der Waals surface area contributed by atoms with Crippen LogP contribution < -0.4 is 5.73 Å². The fraction of sp³-hybridized carbons (Fsp3) is 0.462. The maximum atomic E-state index is 5.75. The number of piperidine rings is 1. The molecule has 1 aliphatic rings. The molecule has 0 radical (unpaired) electrons. The fourth-order valence-electron chi connectivity index (χ4n) is 2.63. The van der Waals surface area contributed by atoms with Crippen LogP contribution in [-0.2, 0) is 0 Å². The van der Waals surface area contributed by atoms with Gasteiger partial charge in [0.15, 0.2) is 0 Å². The fourth-order valence-corrected chi connectivity index (χ4v) is 2.63. The number of aromatic nitrogens is 2. The van der Waals surface area contributed by atoms with E-state index in [0.29, 0.717) is 6.04 Å². The molecule has 4 nitrogen and oxygen atoms in total. The summed E-state index contributed by atoms with van der Waals surface area (Å²) in [5.74, 6) is 0. The first-order valence-corrected chi connectivity index (χ1v) is 6.14. The van der Waals surface area contributed by atoms with Crippen LogP contribution in [0.2, 0.25) is 0 Å². The summed E-state index contributed by atoms with van der Waals surface area (Å²) in [4.78, 5) is 6.84. The number of nitrogens with zero attached hydrogens (tertiary/aromatic N) is 3. The van der Waals surface area contributed by atoms with Crippen molar-refractivity contribution in [2.45, 2.75) is 18.9 Å². The molecule has 3 rings (SSSR count). The minimum absolute atomic E-state index is 0.583. The minimum atomic E-state index is 0.583. The third-order valence-corrected chi connectivity index (χ3v) is 3.66. The highest BCUT2D eigenvalue weighted by molar-refractivity contribution is 5.79. The molecule has 90 valence electrons. The zero-order valence-electron chi connectivity index (χ0n) is 10.1. The Balaban J connectivity index is 1.95. The van der Waals surface area contributed by atoms with E-state index in [-0.39, 0.29) is 0 Å². The maximum Gasteiger partial charge on any atom is 0.140 e. The number of fused-ring (bicyclic) bond motifs is 1. The van der Waals surface area contributed by atoms with Gasteiger partial charge in [-0.25, -0.2) is 4.98 Å². The SMILES string of the molecule is CN1CCC(n2ccc3cc(N)cnc32)CC1. The van der Waals surface area contributed by atoms with Gasteiger partial charge in [0.05, 0.1) is 11.9 Å². The highest BCUT2D eigenvalue weighted by Gasteiger charge is 2.19. The molecule has 4 heteroatoms. The van der Waals surface area contributed by atoms with Gasteiger partial charge in [-0.3, -0.25) is 0 Å². The van der Waals surface area contributed by atoms with E-state index in [0.717, 1.165) is 16.7 Å². The Morgan fingerprint density at radius 1 is 1.35 bits per heavy atom. The molecule has 2 aromatic heterocycles. The summed E-state index contributed by atoms with van der Waals surface area (Å²) in [5, 5.41) is 1.14. The predicted octanol–water partition coefficient (Wildman–Crippen LogP) is 1.89. The van der Waals surface area contributed by atoms with Gasteiger partial charge in [-0.05, 0) is 45.1 Å². The van der Waals surface area contributed by atoms with Crippen LogP contribution in [0.3, 0.4) is 0 Å². The van der Waals surface area contributed by atoms with E-state index in [1.54, 1.807) is 6.20 Å². The molecular weight excluding hydrogens is 212 g/mol. The van der Waals surface area contributed by atoms with E-state index in [1.807, 2.05) is 6.07 Å². The van der Waals surface area contributed by atoms with E-state index in [2.05, 4.69) is 33.8 Å². The second-order valence-electron chi connectivity index (χ2n) is 4.94. The third-order valence-electron chi connectivity index (χ3n) is 3.66. The zero-order chi connectivity index (χ0) is 11.8. The molecule has 0 aromatic carbocycles. The lowest BCUT2D eigenvalue weighted by Gasteiger charge is -2.30. The van der Waals surface area contributed by atoms with Crippen molar-refractivity contribution < 1.29 is 0 Å². The normalized spacial score (nSPS) is 18.9. The number of hydrogen-bond donors (Lipinski definition) is 1. The summed E-state index contributed by atoms with van der Waals surface area (Å²) >= 11 is 0. The van der Waals surface area contributed by atoms with Crippen LogP contribution in [0, 0.1) is 0 Å². The molecule has 1 fully saturated rings. The highest BCUT2D eigenvalue weighted by atomic mass is 15.1. The first-order valence-electron chi connectivity index (χ1n) is 6.14. The molecule has 1 saturated heterocycles. The lowest BCUT2D eigenvalue weighted by molar-refractivity contribution is 0.223. The molecule has 0 amide bonds. The summed E-state index contributed by atoms with van der Waals surface area (Å²) in [6.07, 6.45) is 6.29. The van der Waals surface area contributed by atoms with Crippen LogP contribution in [-0.4, -0.2) is 34.6 Å². The monoisotopic (exact) mass is 230 g/mol. The van der Waals surface area contributed by atoms with Gasteiger partial charge in [0.2, 0.25) is 0 Å². The Morgan fingerprint density at radius 3 is 2.88 bits per heavy atom. The van der Waals surface area contributed by atoms with Crippen molar-refractivity contribution in [1.29, 1.82) is 0 Å². The van der Waals surface area contributed by atoms with E-state index >= 15 is 0 Å². The molecule has 2 aromatic rings. The van der Waals surface area contributed by atoms with E-state index in [4.69, 9.17) is 5.73 Å². The molecule has 3 heterocycles. The molecule has 1 aliphatic heterocycles. The number of nitrogens with two attached hydrogens (primary N) is 1. The average Bonchev–Trinajstić information content (AvgIpc) is 2.73. The Kier molecular flexibility index (Phi) is 2.52. The standard InChI is InChI=1S/C13H18N4/c1-16-5-3-12(4-6-16)17-7-2-10-8-11(14)9-15-13(10)17/h2,7-9,12H,3-6,14H2,1H3. The topological polar surface area (TPSA) is 47.1 Å². The quantitative estimate of drug-likeness (QED) is 0.813. The average molecular weight is 230 g/mol. The maximum absolute atomic E-state index is 5.75. The van der Waals surface area contributed by atoms with Crippen LogP contribution >= 0.6 is 0 Å². The van der Waals surface area contributed by atoms with Crippen molar-refractivity contribution in [1.82, 2.24) is 14.5 Å². The van der Waals surface area contributed by atoms with Crippen LogP contribution in [0.1, 0.15) is 18.9 Å². The number of nitrogen functional groups attached to an aromatic ring is 1. The Morgan fingerprint density at radius 2 is 2.12 bits per heavy atom. The van der Waals surface area contributed by atoms with E-state index in [1.165, 1.54) is 25.9 Å². The molecule has 0 atom stereocenters. The Bertz CT molecular complexity index is 523. The lowest BCUT2D eigenvalue weighted by atomic mass is 10.1. The molecule has 17 heavy (non-hydrogen) atoms. The minimum Gasteiger partial charge on any atom is -0.397 e. The summed E-state index contributed by atoms with van der Waals surface area (Å²) < 4.78 is 2.31. The summed E-state index contributed by atoms with van der Waals surface area (Å²) in [7, 11) is 2.18. The van der Waals surface area contributed by atoms with Gasteiger partial charge in [0, 0.05) is 17.6 Å². The van der Waals surface area contributed by atoms with Gasteiger partial charge in [0.1, 0.15) is 5.65 Å². The second-order valence-corrected chi connectivity index (χ2v) is 4.94. The van der Waals surface area contributed by atoms with E-state index < -0.39 is 0 Å². The van der Waals surface area contributed by atoms with E-state index in [9.17, 15) is 0 Å².